The molecule has 0 aromatic rings. The number of hydrogen-bond donors (Lipinski definition) is 1. The van der Waals surface area contributed by atoms with Crippen molar-refractivity contribution in [1.82, 2.24) is 4.90 Å². The first kappa shape index (κ1) is 6.80. The summed E-state index contributed by atoms with van der Waals surface area (Å²) in [6.45, 7) is 0.803. The molecule has 10 heavy (non-hydrogen) atoms. The fourth-order valence-corrected chi connectivity index (χ4v) is 0.673. The first-order valence-electron chi connectivity index (χ1n) is 2.95. The molecular formula is C6H8N2O2. The van der Waals surface area contributed by atoms with E-state index in [0.29, 0.717) is 13.1 Å². The van der Waals surface area contributed by atoms with Crippen LogP contribution in [0, 0.1) is 0 Å². The minimum atomic E-state index is -0.905. The average molecular weight is 140 g/mol. The van der Waals surface area contributed by atoms with E-state index in [4.69, 9.17) is 5.11 Å². The Balaban J connectivity index is 2.55. The van der Waals surface area contributed by atoms with Crippen LogP contribution in [0.4, 0.5) is 4.79 Å². The lowest BCUT2D eigenvalue weighted by atomic mass is 10.5. The number of carbonyl (C=O) groups is 1. The van der Waals surface area contributed by atoms with Crippen molar-refractivity contribution in [1.29, 1.82) is 0 Å². The molecule has 0 spiro atoms. The Hall–Kier alpha value is -1.32. The third-order valence-electron chi connectivity index (χ3n) is 1.20. The lowest BCUT2D eigenvalue weighted by molar-refractivity contribution is 0.157. The number of hydrogen-bond acceptors (Lipinski definition) is 2. The summed E-state index contributed by atoms with van der Waals surface area (Å²) >= 11 is 0. The molecule has 1 aliphatic rings. The van der Waals surface area contributed by atoms with E-state index in [9.17, 15) is 4.79 Å². The SMILES string of the molecule is O=C(O)N1CC=CN=CC1. The summed E-state index contributed by atoms with van der Waals surface area (Å²) in [5, 5.41) is 8.49. The monoisotopic (exact) mass is 140 g/mol. The van der Waals surface area contributed by atoms with Crippen molar-refractivity contribution in [3.8, 4) is 0 Å². The van der Waals surface area contributed by atoms with Crippen LogP contribution >= 0.6 is 0 Å². The van der Waals surface area contributed by atoms with Gasteiger partial charge >= 0.3 is 6.09 Å². The first-order chi connectivity index (χ1) is 4.80. The Morgan fingerprint density at radius 2 is 2.40 bits per heavy atom. The average Bonchev–Trinajstić information content (AvgIpc) is 2.12. The topological polar surface area (TPSA) is 52.9 Å². The van der Waals surface area contributed by atoms with E-state index in [1.165, 1.54) is 4.90 Å². The normalized spacial score (nSPS) is 17.0. The van der Waals surface area contributed by atoms with Gasteiger partial charge in [0.25, 0.3) is 0 Å². The molecule has 0 fully saturated rings. The second-order valence-electron chi connectivity index (χ2n) is 1.90. The minimum absolute atomic E-state index is 0.377. The van der Waals surface area contributed by atoms with Crippen LogP contribution in [0.5, 0.6) is 0 Å². The first-order valence-corrected chi connectivity index (χ1v) is 2.95. The molecule has 1 heterocycles. The molecule has 0 saturated heterocycles. The van der Waals surface area contributed by atoms with Crippen LogP contribution in [0.1, 0.15) is 0 Å². The van der Waals surface area contributed by atoms with Crippen molar-refractivity contribution in [3.05, 3.63) is 12.3 Å². The van der Waals surface area contributed by atoms with Crippen LogP contribution < -0.4 is 0 Å². The zero-order valence-corrected chi connectivity index (χ0v) is 5.40. The highest BCUT2D eigenvalue weighted by Crippen LogP contribution is 1.92. The summed E-state index contributed by atoms with van der Waals surface area (Å²) in [5.74, 6) is 0. The highest BCUT2D eigenvalue weighted by atomic mass is 16.4. The molecule has 4 nitrogen and oxygen atoms in total. The van der Waals surface area contributed by atoms with Crippen LogP contribution in [0.2, 0.25) is 0 Å². The van der Waals surface area contributed by atoms with E-state index in [1.54, 1.807) is 18.5 Å². The van der Waals surface area contributed by atoms with Crippen LogP contribution in [0.3, 0.4) is 0 Å². The maximum Gasteiger partial charge on any atom is 0.407 e. The van der Waals surface area contributed by atoms with E-state index in [2.05, 4.69) is 4.99 Å². The lowest BCUT2D eigenvalue weighted by Crippen LogP contribution is -2.30. The molecule has 54 valence electrons. The molecule has 0 radical (unpaired) electrons. The van der Waals surface area contributed by atoms with E-state index in [0.717, 1.165) is 0 Å². The van der Waals surface area contributed by atoms with Gasteiger partial charge in [0.05, 0.1) is 6.54 Å². The van der Waals surface area contributed by atoms with Gasteiger partial charge in [0.15, 0.2) is 0 Å². The molecule has 1 rings (SSSR count). The van der Waals surface area contributed by atoms with Gasteiger partial charge in [-0.2, -0.15) is 0 Å². The van der Waals surface area contributed by atoms with Crippen LogP contribution in [0.15, 0.2) is 17.3 Å². The highest BCUT2D eigenvalue weighted by molar-refractivity contribution is 5.72. The van der Waals surface area contributed by atoms with Gasteiger partial charge in [-0.1, -0.05) is 0 Å². The van der Waals surface area contributed by atoms with Gasteiger partial charge in [-0.15, -0.1) is 0 Å². The summed E-state index contributed by atoms with van der Waals surface area (Å²) in [4.78, 5) is 15.4. The molecule has 0 unspecified atom stereocenters. The minimum Gasteiger partial charge on any atom is -0.465 e. The van der Waals surface area contributed by atoms with Gasteiger partial charge in [-0.3, -0.25) is 9.89 Å². The van der Waals surface area contributed by atoms with Crippen molar-refractivity contribution >= 4 is 12.3 Å². The van der Waals surface area contributed by atoms with E-state index >= 15 is 0 Å². The molecule has 0 saturated carbocycles. The van der Waals surface area contributed by atoms with Crippen molar-refractivity contribution in [2.24, 2.45) is 4.99 Å². The largest absolute Gasteiger partial charge is 0.465 e. The third kappa shape index (κ3) is 1.58. The van der Waals surface area contributed by atoms with Gasteiger partial charge in [0, 0.05) is 19.0 Å². The second kappa shape index (κ2) is 3.00. The van der Waals surface area contributed by atoms with Crippen molar-refractivity contribution in [2.75, 3.05) is 13.1 Å². The fraction of sp³-hybridized carbons (Fsp3) is 0.333. The summed E-state index contributed by atoms with van der Waals surface area (Å²) in [5.41, 5.74) is 0. The quantitative estimate of drug-likeness (QED) is 0.534. The summed E-state index contributed by atoms with van der Waals surface area (Å²) in [7, 11) is 0. The third-order valence-corrected chi connectivity index (χ3v) is 1.20. The van der Waals surface area contributed by atoms with Crippen LogP contribution in [-0.4, -0.2) is 35.4 Å². The Kier molecular flexibility index (Phi) is 2.04. The molecular weight excluding hydrogens is 132 g/mol. The maximum atomic E-state index is 10.3. The molecule has 1 aliphatic heterocycles. The Labute approximate surface area is 58.5 Å². The zero-order valence-electron chi connectivity index (χ0n) is 5.40. The summed E-state index contributed by atoms with van der Waals surface area (Å²) in [6, 6.07) is 0. The van der Waals surface area contributed by atoms with Crippen LogP contribution in [-0.2, 0) is 0 Å². The number of carboxylic acid groups (broad SMARTS) is 1. The molecule has 0 aromatic carbocycles. The van der Waals surface area contributed by atoms with Crippen molar-refractivity contribution in [2.45, 2.75) is 0 Å². The lowest BCUT2D eigenvalue weighted by Gasteiger charge is -2.11. The predicted octanol–water partition coefficient (Wildman–Crippen LogP) is 0.565. The smallest absolute Gasteiger partial charge is 0.407 e. The van der Waals surface area contributed by atoms with Crippen LogP contribution in [0.25, 0.3) is 0 Å². The summed E-state index contributed by atoms with van der Waals surface area (Å²) in [6.07, 6.45) is 3.97. The van der Waals surface area contributed by atoms with Gasteiger partial charge < -0.3 is 5.11 Å². The molecule has 1 N–H and O–H groups in total. The van der Waals surface area contributed by atoms with Gasteiger partial charge in [-0.25, -0.2) is 4.79 Å². The van der Waals surface area contributed by atoms with Crippen molar-refractivity contribution in [3.63, 3.8) is 0 Å². The van der Waals surface area contributed by atoms with Gasteiger partial charge in [0.1, 0.15) is 0 Å². The molecule has 0 atom stereocenters. The number of rotatable bonds is 0. The molecule has 0 bridgehead atoms. The zero-order chi connectivity index (χ0) is 7.40. The van der Waals surface area contributed by atoms with Crippen molar-refractivity contribution < 1.29 is 9.90 Å². The Bertz CT molecular complexity index is 172. The fourth-order valence-electron chi connectivity index (χ4n) is 0.673. The van der Waals surface area contributed by atoms with Gasteiger partial charge in [-0.05, 0) is 6.08 Å². The second-order valence-corrected chi connectivity index (χ2v) is 1.90. The van der Waals surface area contributed by atoms with E-state index < -0.39 is 6.09 Å². The molecule has 4 heteroatoms. The molecule has 0 aromatic heterocycles. The summed E-state index contributed by atoms with van der Waals surface area (Å²) < 4.78 is 0. The Morgan fingerprint density at radius 3 is 3.10 bits per heavy atom. The number of aliphatic imine (C=N–C) groups is 1. The number of nitrogens with zero attached hydrogens (tertiary/aromatic N) is 2. The molecule has 0 aliphatic carbocycles. The van der Waals surface area contributed by atoms with E-state index in [-0.39, 0.29) is 0 Å². The maximum absolute atomic E-state index is 10.3. The Morgan fingerprint density at radius 1 is 1.60 bits per heavy atom. The standard InChI is InChI=1S/C6H8N2O2/c9-6(10)8-4-1-2-7-3-5-8/h1-3H,4-5H2,(H,9,10). The predicted molar refractivity (Wildman–Crippen MR) is 37.2 cm³/mol. The highest BCUT2D eigenvalue weighted by Gasteiger charge is 2.07. The van der Waals surface area contributed by atoms with Gasteiger partial charge in [0.2, 0.25) is 0 Å². The van der Waals surface area contributed by atoms with E-state index in [1.807, 2.05) is 0 Å². The number of amides is 1. The molecule has 1 amide bonds.